The van der Waals surface area contributed by atoms with Crippen molar-refractivity contribution in [1.82, 2.24) is 0 Å². The molecular formula is C25H24O7. The molecule has 3 aromatic carbocycles. The van der Waals surface area contributed by atoms with E-state index >= 15 is 0 Å². The standard InChI is InChI=1S/C25H24O7/c1-31-17-9-2-14(3-10-17)4-11-19(27)23-21(29)13-20(28)18-12-22(30)24(32-25(18)23)15-5-7-16(26)8-6-15/h2-3,5-10,13,22,24,26,28-30H,4,11-12H2,1H3/t22-,24+/m1/s1. The summed E-state index contributed by atoms with van der Waals surface area (Å²) in [7, 11) is 1.58. The van der Waals surface area contributed by atoms with Gasteiger partial charge in [0, 0.05) is 24.5 Å². The molecule has 2 atom stereocenters. The number of aryl methyl sites for hydroxylation is 1. The normalized spacial score (nSPS) is 17.3. The van der Waals surface area contributed by atoms with Crippen LogP contribution < -0.4 is 9.47 Å². The quantitative estimate of drug-likeness (QED) is 0.436. The Labute approximate surface area is 185 Å². The molecule has 1 aliphatic heterocycles. The van der Waals surface area contributed by atoms with E-state index in [4.69, 9.17) is 9.47 Å². The molecule has 0 spiro atoms. The summed E-state index contributed by atoms with van der Waals surface area (Å²) in [5.74, 6) is -0.0862. The number of Topliss-reactive ketones (excluding diaryl/α,β-unsaturated/α-hetero) is 1. The predicted molar refractivity (Wildman–Crippen MR) is 117 cm³/mol. The summed E-state index contributed by atoms with van der Waals surface area (Å²) in [6, 6.07) is 14.6. The highest BCUT2D eigenvalue weighted by Crippen LogP contribution is 2.46. The number of hydrogen-bond acceptors (Lipinski definition) is 7. The second-order valence-electron chi connectivity index (χ2n) is 7.77. The van der Waals surface area contributed by atoms with Crippen molar-refractivity contribution >= 4 is 5.78 Å². The number of phenolic OH excluding ortho intramolecular Hbond substituents is 3. The van der Waals surface area contributed by atoms with Gasteiger partial charge in [-0.2, -0.15) is 0 Å². The molecule has 7 nitrogen and oxygen atoms in total. The second kappa shape index (κ2) is 8.80. The van der Waals surface area contributed by atoms with Gasteiger partial charge < -0.3 is 29.9 Å². The van der Waals surface area contributed by atoms with Gasteiger partial charge in [-0.15, -0.1) is 0 Å². The summed E-state index contributed by atoms with van der Waals surface area (Å²) in [6.07, 6.45) is -1.19. The van der Waals surface area contributed by atoms with Crippen molar-refractivity contribution in [3.63, 3.8) is 0 Å². The Morgan fingerprint density at radius 2 is 1.72 bits per heavy atom. The SMILES string of the molecule is COc1ccc(CCC(=O)c2c(O)cc(O)c3c2O[C@@H](c2ccc(O)cc2)[C@H](O)C3)cc1. The third kappa shape index (κ3) is 4.20. The fourth-order valence-electron chi connectivity index (χ4n) is 3.92. The molecule has 0 amide bonds. The van der Waals surface area contributed by atoms with Crippen LogP contribution in [0.5, 0.6) is 28.7 Å². The van der Waals surface area contributed by atoms with Crippen LogP contribution in [0.4, 0.5) is 0 Å². The van der Waals surface area contributed by atoms with Crippen LogP contribution in [-0.4, -0.2) is 39.4 Å². The van der Waals surface area contributed by atoms with E-state index in [1.807, 2.05) is 24.3 Å². The molecule has 32 heavy (non-hydrogen) atoms. The molecular weight excluding hydrogens is 412 g/mol. The van der Waals surface area contributed by atoms with E-state index in [0.717, 1.165) is 17.4 Å². The van der Waals surface area contributed by atoms with Crippen LogP contribution in [0.25, 0.3) is 0 Å². The number of rotatable bonds is 6. The van der Waals surface area contributed by atoms with E-state index in [9.17, 15) is 25.2 Å². The van der Waals surface area contributed by atoms with Gasteiger partial charge >= 0.3 is 0 Å². The molecule has 4 rings (SSSR count). The van der Waals surface area contributed by atoms with Crippen molar-refractivity contribution in [1.29, 1.82) is 0 Å². The van der Waals surface area contributed by atoms with Gasteiger partial charge in [-0.25, -0.2) is 0 Å². The van der Waals surface area contributed by atoms with E-state index < -0.39 is 12.2 Å². The summed E-state index contributed by atoms with van der Waals surface area (Å²) in [6.45, 7) is 0. The van der Waals surface area contributed by atoms with Crippen LogP contribution in [0.1, 0.15) is 39.6 Å². The van der Waals surface area contributed by atoms with E-state index in [1.165, 1.54) is 12.1 Å². The number of benzene rings is 3. The summed E-state index contributed by atoms with van der Waals surface area (Å²) in [5.41, 5.74) is 1.80. The highest BCUT2D eigenvalue weighted by Gasteiger charge is 2.35. The minimum Gasteiger partial charge on any atom is -0.508 e. The molecule has 1 aliphatic rings. The molecule has 0 unspecified atom stereocenters. The third-order valence-corrected chi connectivity index (χ3v) is 5.65. The molecule has 0 saturated carbocycles. The minimum absolute atomic E-state index is 0.0120. The van der Waals surface area contributed by atoms with E-state index in [2.05, 4.69) is 0 Å². The molecule has 0 bridgehead atoms. The molecule has 3 aromatic rings. The number of phenols is 3. The molecule has 0 aromatic heterocycles. The fourth-order valence-corrected chi connectivity index (χ4v) is 3.92. The number of methoxy groups -OCH3 is 1. The average Bonchev–Trinajstić information content (AvgIpc) is 2.79. The molecule has 0 aliphatic carbocycles. The number of ketones is 1. The Bertz CT molecular complexity index is 1120. The Hall–Kier alpha value is -3.71. The van der Waals surface area contributed by atoms with Crippen molar-refractivity contribution in [3.05, 3.63) is 76.9 Å². The number of carbonyl (C=O) groups excluding carboxylic acids is 1. The maximum atomic E-state index is 13.1. The Morgan fingerprint density at radius 3 is 2.38 bits per heavy atom. The van der Waals surface area contributed by atoms with Crippen molar-refractivity contribution in [2.24, 2.45) is 0 Å². The number of ether oxygens (including phenoxy) is 2. The zero-order chi connectivity index (χ0) is 22.8. The number of aliphatic hydroxyl groups is 1. The monoisotopic (exact) mass is 436 g/mol. The van der Waals surface area contributed by atoms with Gasteiger partial charge in [0.15, 0.2) is 5.78 Å². The predicted octanol–water partition coefficient (Wildman–Crippen LogP) is 3.66. The van der Waals surface area contributed by atoms with Gasteiger partial charge in [-0.3, -0.25) is 4.79 Å². The van der Waals surface area contributed by atoms with Gasteiger partial charge in [-0.1, -0.05) is 24.3 Å². The van der Waals surface area contributed by atoms with Crippen molar-refractivity contribution in [3.8, 4) is 28.7 Å². The lowest BCUT2D eigenvalue weighted by molar-refractivity contribution is 0.0190. The number of aromatic hydroxyl groups is 3. The second-order valence-corrected chi connectivity index (χ2v) is 7.77. The summed E-state index contributed by atoms with van der Waals surface area (Å²) >= 11 is 0. The van der Waals surface area contributed by atoms with E-state index in [0.29, 0.717) is 12.0 Å². The van der Waals surface area contributed by atoms with Gasteiger partial charge in [0.05, 0.1) is 13.2 Å². The van der Waals surface area contributed by atoms with Crippen LogP contribution in [-0.2, 0) is 12.8 Å². The van der Waals surface area contributed by atoms with Gasteiger partial charge in [0.2, 0.25) is 0 Å². The lowest BCUT2D eigenvalue weighted by Gasteiger charge is -2.32. The molecule has 7 heteroatoms. The van der Waals surface area contributed by atoms with Crippen molar-refractivity contribution in [2.45, 2.75) is 31.5 Å². The zero-order valence-corrected chi connectivity index (χ0v) is 17.5. The molecule has 1 heterocycles. The first-order valence-corrected chi connectivity index (χ1v) is 10.2. The molecule has 0 radical (unpaired) electrons. The smallest absolute Gasteiger partial charge is 0.170 e. The van der Waals surface area contributed by atoms with Crippen molar-refractivity contribution in [2.75, 3.05) is 7.11 Å². The first kappa shape index (κ1) is 21.5. The number of carbonyl (C=O) groups is 1. The minimum atomic E-state index is -0.982. The van der Waals surface area contributed by atoms with Crippen LogP contribution >= 0.6 is 0 Å². The third-order valence-electron chi connectivity index (χ3n) is 5.65. The van der Waals surface area contributed by atoms with Crippen LogP contribution in [0.3, 0.4) is 0 Å². The summed E-state index contributed by atoms with van der Waals surface area (Å²) in [5, 5.41) is 40.9. The molecule has 0 saturated heterocycles. The number of aliphatic hydroxyl groups excluding tert-OH is 1. The fraction of sp³-hybridized carbons (Fsp3) is 0.240. The lowest BCUT2D eigenvalue weighted by atomic mass is 9.90. The van der Waals surface area contributed by atoms with Crippen molar-refractivity contribution < 1.29 is 34.7 Å². The lowest BCUT2D eigenvalue weighted by Crippen LogP contribution is -2.31. The first-order valence-electron chi connectivity index (χ1n) is 10.2. The highest BCUT2D eigenvalue weighted by molar-refractivity contribution is 6.02. The largest absolute Gasteiger partial charge is 0.508 e. The zero-order valence-electron chi connectivity index (χ0n) is 17.5. The van der Waals surface area contributed by atoms with Crippen LogP contribution in [0, 0.1) is 0 Å². The number of fused-ring (bicyclic) bond motifs is 1. The Balaban J connectivity index is 1.62. The van der Waals surface area contributed by atoms with Gasteiger partial charge in [-0.05, 0) is 41.8 Å². The summed E-state index contributed by atoms with van der Waals surface area (Å²) < 4.78 is 11.1. The topological polar surface area (TPSA) is 116 Å². The Morgan fingerprint density at radius 1 is 1.03 bits per heavy atom. The molecule has 166 valence electrons. The average molecular weight is 436 g/mol. The van der Waals surface area contributed by atoms with Gasteiger partial charge in [0.25, 0.3) is 0 Å². The van der Waals surface area contributed by atoms with E-state index in [-0.39, 0.29) is 52.7 Å². The highest BCUT2D eigenvalue weighted by atomic mass is 16.5. The summed E-state index contributed by atoms with van der Waals surface area (Å²) in [4.78, 5) is 13.1. The Kier molecular flexibility index (Phi) is 5.92. The van der Waals surface area contributed by atoms with Crippen LogP contribution in [0.15, 0.2) is 54.6 Å². The van der Waals surface area contributed by atoms with Gasteiger partial charge in [0.1, 0.15) is 40.4 Å². The molecule has 0 fully saturated rings. The molecule has 4 N–H and O–H groups in total. The number of hydrogen-bond donors (Lipinski definition) is 4. The first-order chi connectivity index (χ1) is 15.4. The maximum absolute atomic E-state index is 13.1. The van der Waals surface area contributed by atoms with Crippen LogP contribution in [0.2, 0.25) is 0 Å². The van der Waals surface area contributed by atoms with E-state index in [1.54, 1.807) is 19.2 Å². The maximum Gasteiger partial charge on any atom is 0.170 e.